The molecule has 0 saturated heterocycles. The lowest BCUT2D eigenvalue weighted by molar-refractivity contribution is -0.120. The van der Waals surface area contributed by atoms with Gasteiger partial charge < -0.3 is 9.88 Å². The fraction of sp³-hybridized carbons (Fsp3) is 0.400. The van der Waals surface area contributed by atoms with Crippen LogP contribution in [0.5, 0.6) is 0 Å². The van der Waals surface area contributed by atoms with Crippen molar-refractivity contribution in [2.45, 2.75) is 11.6 Å². The molecule has 2 N–H and O–H groups in total. The number of nitrogens with zero attached hydrogens (tertiary/aromatic N) is 3. The van der Waals surface area contributed by atoms with E-state index in [4.69, 9.17) is 0 Å². The van der Waals surface area contributed by atoms with Crippen LogP contribution in [0, 0.1) is 0 Å². The molecule has 1 aromatic heterocycles. The minimum absolute atomic E-state index is 0.0921. The predicted octanol–water partition coefficient (Wildman–Crippen LogP) is 0.630. The molecular weight excluding hydrogens is 362 g/mol. The first-order valence-electron chi connectivity index (χ1n) is 7.68. The average molecular weight is 383 g/mol. The first-order valence-corrected chi connectivity index (χ1v) is 10.3. The van der Waals surface area contributed by atoms with E-state index in [1.54, 1.807) is 0 Å². The average Bonchev–Trinajstić information content (AvgIpc) is 2.96. The summed E-state index contributed by atoms with van der Waals surface area (Å²) in [6.07, 6.45) is 0.276. The largest absolute Gasteiger partial charge is 0.355 e. The summed E-state index contributed by atoms with van der Waals surface area (Å²) in [7, 11) is -0.0715. The normalized spacial score (nSPS) is 11.4. The second-order valence-electron chi connectivity index (χ2n) is 5.20. The molecule has 0 aliphatic rings. The molecule has 0 aliphatic carbocycles. The van der Waals surface area contributed by atoms with Crippen molar-refractivity contribution in [2.24, 2.45) is 7.05 Å². The predicted molar refractivity (Wildman–Crippen MR) is 97.6 cm³/mol. The summed E-state index contributed by atoms with van der Waals surface area (Å²) in [6.45, 7) is 0.0921. The maximum atomic E-state index is 11.7. The fourth-order valence-electron chi connectivity index (χ4n) is 2.03. The summed E-state index contributed by atoms with van der Waals surface area (Å²) in [4.78, 5) is 11.7. The fourth-order valence-corrected chi connectivity index (χ4v) is 3.45. The second kappa shape index (κ2) is 8.97. The number of sulfonamides is 1. The minimum atomic E-state index is -3.30. The number of carbonyl (C=O) groups excluding carboxylic acids is 1. The monoisotopic (exact) mass is 383 g/mol. The van der Waals surface area contributed by atoms with E-state index >= 15 is 0 Å². The molecule has 1 amide bonds. The van der Waals surface area contributed by atoms with E-state index < -0.39 is 10.0 Å². The van der Waals surface area contributed by atoms with E-state index in [2.05, 4.69) is 20.2 Å². The lowest BCUT2D eigenvalue weighted by atomic mass is 10.2. The number of carbonyl (C=O) groups is 1. The highest BCUT2D eigenvalue weighted by Crippen LogP contribution is 2.22. The lowest BCUT2D eigenvalue weighted by Crippen LogP contribution is -2.33. The Morgan fingerprint density at radius 1 is 1.24 bits per heavy atom. The molecule has 2 aromatic rings. The van der Waals surface area contributed by atoms with Crippen LogP contribution in [-0.2, 0) is 21.9 Å². The number of aromatic nitrogens is 3. The van der Waals surface area contributed by atoms with Crippen LogP contribution in [0.1, 0.15) is 6.42 Å². The zero-order valence-corrected chi connectivity index (χ0v) is 15.7. The summed E-state index contributed by atoms with van der Waals surface area (Å²) in [5, 5.41) is 11.7. The third-order valence-electron chi connectivity index (χ3n) is 3.43. The molecule has 0 saturated carbocycles. The summed E-state index contributed by atoms with van der Waals surface area (Å²) >= 11 is 1.43. The van der Waals surface area contributed by atoms with Gasteiger partial charge >= 0.3 is 0 Å². The lowest BCUT2D eigenvalue weighted by Gasteiger charge is -2.06. The van der Waals surface area contributed by atoms with Crippen molar-refractivity contribution < 1.29 is 13.2 Å². The molecule has 0 fully saturated rings. The van der Waals surface area contributed by atoms with E-state index in [1.807, 2.05) is 41.9 Å². The Morgan fingerprint density at radius 3 is 2.64 bits per heavy atom. The van der Waals surface area contributed by atoms with Crippen LogP contribution in [0.25, 0.3) is 11.4 Å². The molecule has 0 bridgehead atoms. The molecule has 1 aromatic carbocycles. The Bertz CT molecular complexity index is 806. The molecular formula is C15H21N5O3S2. The van der Waals surface area contributed by atoms with Crippen molar-refractivity contribution in [1.29, 1.82) is 0 Å². The van der Waals surface area contributed by atoms with Crippen LogP contribution in [0.4, 0.5) is 0 Å². The third kappa shape index (κ3) is 5.83. The zero-order chi connectivity index (χ0) is 18.3. The van der Waals surface area contributed by atoms with Crippen LogP contribution >= 0.6 is 11.8 Å². The summed E-state index contributed by atoms with van der Waals surface area (Å²) in [6, 6.07) is 9.75. The quantitative estimate of drug-likeness (QED) is 0.615. The molecule has 10 heteroatoms. The highest BCUT2D eigenvalue weighted by atomic mass is 32.2. The van der Waals surface area contributed by atoms with Gasteiger partial charge in [0.15, 0.2) is 11.0 Å². The third-order valence-corrected chi connectivity index (χ3v) is 5.82. The van der Waals surface area contributed by atoms with Gasteiger partial charge in [0.25, 0.3) is 0 Å². The van der Waals surface area contributed by atoms with Gasteiger partial charge in [0.1, 0.15) is 0 Å². The Morgan fingerprint density at radius 2 is 1.96 bits per heavy atom. The van der Waals surface area contributed by atoms with Gasteiger partial charge in [-0.3, -0.25) is 4.79 Å². The Labute approximate surface area is 151 Å². The van der Waals surface area contributed by atoms with Crippen LogP contribution in [0.3, 0.4) is 0 Å². The smallest absolute Gasteiger partial charge is 0.220 e. The van der Waals surface area contributed by atoms with Crippen LogP contribution < -0.4 is 10.0 Å². The van der Waals surface area contributed by atoms with Crippen molar-refractivity contribution in [3.63, 3.8) is 0 Å². The highest BCUT2D eigenvalue weighted by molar-refractivity contribution is 7.99. The zero-order valence-electron chi connectivity index (χ0n) is 14.1. The van der Waals surface area contributed by atoms with Gasteiger partial charge in [-0.25, -0.2) is 13.1 Å². The maximum Gasteiger partial charge on any atom is 0.220 e. The standard InChI is InChI=1S/C15H21N5O3S2/c1-16-25(22,23)11-9-17-13(21)8-10-24-15-19-18-14(20(15)2)12-6-4-3-5-7-12/h3-7,16H,8-11H2,1-2H3,(H,17,21). The molecule has 25 heavy (non-hydrogen) atoms. The minimum Gasteiger partial charge on any atom is -0.355 e. The summed E-state index contributed by atoms with van der Waals surface area (Å²) < 4.78 is 26.6. The number of hydrogen-bond acceptors (Lipinski definition) is 6. The van der Waals surface area contributed by atoms with Gasteiger partial charge in [-0.2, -0.15) is 0 Å². The van der Waals surface area contributed by atoms with Crippen molar-refractivity contribution in [3.8, 4) is 11.4 Å². The van der Waals surface area contributed by atoms with Crippen molar-refractivity contribution >= 4 is 27.7 Å². The molecule has 0 unspecified atom stereocenters. The van der Waals surface area contributed by atoms with Crippen LogP contribution in [0.2, 0.25) is 0 Å². The second-order valence-corrected chi connectivity index (χ2v) is 8.31. The Hall–Kier alpha value is -1.91. The number of rotatable bonds is 9. The van der Waals surface area contributed by atoms with Gasteiger partial charge in [-0.05, 0) is 7.05 Å². The first-order chi connectivity index (χ1) is 11.9. The molecule has 0 spiro atoms. The topological polar surface area (TPSA) is 106 Å². The number of amides is 1. The van der Waals surface area contributed by atoms with Gasteiger partial charge in [-0.1, -0.05) is 42.1 Å². The van der Waals surface area contributed by atoms with E-state index in [0.717, 1.165) is 16.5 Å². The van der Waals surface area contributed by atoms with Gasteiger partial charge in [0.2, 0.25) is 15.9 Å². The van der Waals surface area contributed by atoms with Crippen molar-refractivity contribution in [1.82, 2.24) is 24.8 Å². The summed E-state index contributed by atoms with van der Waals surface area (Å²) in [5.74, 6) is 0.978. The van der Waals surface area contributed by atoms with Crippen molar-refractivity contribution in [2.75, 3.05) is 25.1 Å². The van der Waals surface area contributed by atoms with E-state index in [9.17, 15) is 13.2 Å². The highest BCUT2D eigenvalue weighted by Gasteiger charge is 2.12. The van der Waals surface area contributed by atoms with E-state index in [1.165, 1.54) is 18.8 Å². The molecule has 136 valence electrons. The number of hydrogen-bond donors (Lipinski definition) is 2. The van der Waals surface area contributed by atoms with Crippen LogP contribution in [-0.4, -0.2) is 54.2 Å². The summed E-state index contributed by atoms with van der Waals surface area (Å²) in [5.41, 5.74) is 0.979. The Kier molecular flexibility index (Phi) is 6.97. The molecule has 2 rings (SSSR count). The first kappa shape index (κ1) is 19.4. The van der Waals surface area contributed by atoms with Gasteiger partial charge in [0, 0.05) is 31.3 Å². The van der Waals surface area contributed by atoms with E-state index in [-0.39, 0.29) is 24.6 Å². The maximum absolute atomic E-state index is 11.7. The molecule has 8 nitrogen and oxygen atoms in total. The SMILES string of the molecule is CNS(=O)(=O)CCNC(=O)CCSc1nnc(-c2ccccc2)n1C. The molecule has 1 heterocycles. The molecule has 0 aliphatic heterocycles. The number of nitrogens with one attached hydrogen (secondary N) is 2. The number of benzene rings is 1. The van der Waals surface area contributed by atoms with Gasteiger partial charge in [-0.15, -0.1) is 10.2 Å². The molecule has 0 radical (unpaired) electrons. The van der Waals surface area contributed by atoms with Gasteiger partial charge in [0.05, 0.1) is 5.75 Å². The molecule has 0 atom stereocenters. The van der Waals surface area contributed by atoms with E-state index in [0.29, 0.717) is 5.75 Å². The van der Waals surface area contributed by atoms with Crippen molar-refractivity contribution in [3.05, 3.63) is 30.3 Å². The van der Waals surface area contributed by atoms with Crippen LogP contribution in [0.15, 0.2) is 35.5 Å². The Balaban J connectivity index is 1.79. The number of thioether (sulfide) groups is 1.